The molecule has 0 bridgehead atoms. The zero-order chi connectivity index (χ0) is 17.9. The van der Waals surface area contributed by atoms with Crippen LogP contribution >= 0.6 is 12.4 Å². The summed E-state index contributed by atoms with van der Waals surface area (Å²) in [6, 6.07) is 5.08. The van der Waals surface area contributed by atoms with Gasteiger partial charge >= 0.3 is 0 Å². The monoisotopic (exact) mass is 371 g/mol. The minimum atomic E-state index is -0.103. The van der Waals surface area contributed by atoms with Gasteiger partial charge in [-0.05, 0) is 44.5 Å². The second kappa shape index (κ2) is 12.6. The van der Waals surface area contributed by atoms with Crippen LogP contribution in [0.25, 0.3) is 0 Å². The number of benzene rings is 1. The molecule has 0 saturated heterocycles. The molecule has 3 N–H and O–H groups in total. The van der Waals surface area contributed by atoms with Crippen LogP contribution in [0.4, 0.5) is 5.69 Å². The van der Waals surface area contributed by atoms with Gasteiger partial charge in [0.1, 0.15) is 5.75 Å². The normalized spacial score (nSPS) is 9.92. The minimum absolute atomic E-state index is 0. The lowest BCUT2D eigenvalue weighted by atomic mass is 10.1. The molecule has 0 unspecified atom stereocenters. The van der Waals surface area contributed by atoms with Crippen molar-refractivity contribution in [2.45, 2.75) is 39.0 Å². The van der Waals surface area contributed by atoms with Gasteiger partial charge in [-0.2, -0.15) is 0 Å². The lowest BCUT2D eigenvalue weighted by Crippen LogP contribution is -2.22. The Balaban J connectivity index is 0.00000576. The molecule has 0 aliphatic rings. The van der Waals surface area contributed by atoms with Crippen molar-refractivity contribution in [1.82, 2.24) is 4.90 Å². The summed E-state index contributed by atoms with van der Waals surface area (Å²) in [4.78, 5) is 25.6. The summed E-state index contributed by atoms with van der Waals surface area (Å²) in [5.41, 5.74) is 6.58. The molecule has 6 nitrogen and oxygen atoms in total. The van der Waals surface area contributed by atoms with E-state index in [4.69, 9.17) is 10.5 Å². The van der Waals surface area contributed by atoms with E-state index in [0.29, 0.717) is 36.6 Å². The maximum absolute atomic E-state index is 12.1. The van der Waals surface area contributed by atoms with Crippen LogP contribution in [0.1, 0.15) is 49.4 Å². The molecule has 0 aliphatic heterocycles. The summed E-state index contributed by atoms with van der Waals surface area (Å²) < 4.78 is 5.57. The first kappa shape index (κ1) is 23.2. The number of hydrogen-bond donors (Lipinski definition) is 2. The molecule has 1 rings (SSSR count). The third-order valence-electron chi connectivity index (χ3n) is 3.57. The number of anilines is 1. The lowest BCUT2D eigenvalue weighted by Gasteiger charge is -2.15. The molecule has 0 spiro atoms. The zero-order valence-corrected chi connectivity index (χ0v) is 16.2. The summed E-state index contributed by atoms with van der Waals surface area (Å²) >= 11 is 0. The van der Waals surface area contributed by atoms with E-state index in [1.165, 1.54) is 4.90 Å². The summed E-state index contributed by atoms with van der Waals surface area (Å²) in [5, 5.41) is 2.87. The van der Waals surface area contributed by atoms with Crippen LogP contribution < -0.4 is 15.8 Å². The van der Waals surface area contributed by atoms with Gasteiger partial charge in [0.25, 0.3) is 5.91 Å². The molecule has 7 heteroatoms. The third-order valence-corrected chi connectivity index (χ3v) is 3.57. The standard InChI is InChI=1S/C18H29N3O3.ClH/c1-4-24-16-13-14(18(23)21(2)3)10-11-15(16)20-17(22)9-7-5-6-8-12-19;/h10-11,13H,4-9,12,19H2,1-3H3,(H,20,22);1H. The van der Waals surface area contributed by atoms with Gasteiger partial charge in [-0.15, -0.1) is 12.4 Å². The van der Waals surface area contributed by atoms with Crippen LogP contribution in [-0.4, -0.2) is 44.0 Å². The van der Waals surface area contributed by atoms with Gasteiger partial charge in [0.15, 0.2) is 0 Å². The maximum atomic E-state index is 12.1. The predicted molar refractivity (Wildman–Crippen MR) is 104 cm³/mol. The fourth-order valence-corrected chi connectivity index (χ4v) is 2.29. The van der Waals surface area contributed by atoms with E-state index in [1.54, 1.807) is 32.3 Å². The molecule has 0 aliphatic carbocycles. The van der Waals surface area contributed by atoms with Crippen molar-refractivity contribution in [2.75, 3.05) is 32.6 Å². The van der Waals surface area contributed by atoms with Crippen LogP contribution in [0, 0.1) is 0 Å². The van der Waals surface area contributed by atoms with E-state index in [-0.39, 0.29) is 24.2 Å². The number of carbonyl (C=O) groups is 2. The molecule has 0 aromatic heterocycles. The SMILES string of the molecule is CCOc1cc(C(=O)N(C)C)ccc1NC(=O)CCCCCCN.Cl. The van der Waals surface area contributed by atoms with E-state index >= 15 is 0 Å². The number of nitrogens with zero attached hydrogens (tertiary/aromatic N) is 1. The number of nitrogens with two attached hydrogens (primary N) is 1. The van der Waals surface area contributed by atoms with Crippen LogP contribution in [0.2, 0.25) is 0 Å². The Hall–Kier alpha value is -1.79. The molecule has 1 aromatic carbocycles. The minimum Gasteiger partial charge on any atom is -0.492 e. The number of rotatable bonds is 10. The van der Waals surface area contributed by atoms with Crippen LogP contribution in [-0.2, 0) is 4.79 Å². The van der Waals surface area contributed by atoms with Crippen LogP contribution in [0.5, 0.6) is 5.75 Å². The van der Waals surface area contributed by atoms with Gasteiger partial charge < -0.3 is 20.7 Å². The van der Waals surface area contributed by atoms with Crippen molar-refractivity contribution < 1.29 is 14.3 Å². The topological polar surface area (TPSA) is 84.7 Å². The number of unbranched alkanes of at least 4 members (excludes halogenated alkanes) is 3. The van der Waals surface area contributed by atoms with E-state index in [2.05, 4.69) is 5.32 Å². The van der Waals surface area contributed by atoms with Gasteiger partial charge in [0, 0.05) is 26.1 Å². The second-order valence-corrected chi connectivity index (χ2v) is 5.84. The first-order valence-electron chi connectivity index (χ1n) is 8.48. The summed E-state index contributed by atoms with van der Waals surface area (Å²) in [7, 11) is 3.39. The van der Waals surface area contributed by atoms with Crippen LogP contribution in [0.15, 0.2) is 18.2 Å². The average molecular weight is 372 g/mol. The highest BCUT2D eigenvalue weighted by molar-refractivity contribution is 5.97. The van der Waals surface area contributed by atoms with E-state index in [9.17, 15) is 9.59 Å². The highest BCUT2D eigenvalue weighted by atomic mass is 35.5. The highest BCUT2D eigenvalue weighted by Crippen LogP contribution is 2.27. The van der Waals surface area contributed by atoms with Gasteiger partial charge in [-0.3, -0.25) is 9.59 Å². The average Bonchev–Trinajstić information content (AvgIpc) is 2.55. The van der Waals surface area contributed by atoms with E-state index in [1.807, 2.05) is 6.92 Å². The van der Waals surface area contributed by atoms with Crippen molar-refractivity contribution in [3.8, 4) is 5.75 Å². The van der Waals surface area contributed by atoms with Gasteiger partial charge in [-0.25, -0.2) is 0 Å². The Bertz CT molecular complexity index is 550. The molecule has 0 fully saturated rings. The number of hydrogen-bond acceptors (Lipinski definition) is 4. The molecule has 25 heavy (non-hydrogen) atoms. The van der Waals surface area contributed by atoms with Gasteiger partial charge in [0.2, 0.25) is 5.91 Å². The van der Waals surface area contributed by atoms with Crippen molar-refractivity contribution >= 4 is 29.9 Å². The Morgan fingerprint density at radius 2 is 1.84 bits per heavy atom. The quantitative estimate of drug-likeness (QED) is 0.619. The Labute approximate surface area is 156 Å². The molecule has 0 heterocycles. The fourth-order valence-electron chi connectivity index (χ4n) is 2.29. The predicted octanol–water partition coefficient (Wildman–Crippen LogP) is 3.06. The Morgan fingerprint density at radius 3 is 2.44 bits per heavy atom. The molecular weight excluding hydrogens is 342 g/mol. The van der Waals surface area contributed by atoms with Crippen molar-refractivity contribution in [3.05, 3.63) is 23.8 Å². The molecule has 1 aromatic rings. The smallest absolute Gasteiger partial charge is 0.253 e. The number of halogens is 1. The molecule has 0 radical (unpaired) electrons. The summed E-state index contributed by atoms with van der Waals surface area (Å²) in [5.74, 6) is 0.366. The van der Waals surface area contributed by atoms with Crippen molar-refractivity contribution in [2.24, 2.45) is 5.73 Å². The number of ether oxygens (including phenoxy) is 1. The molecule has 0 atom stereocenters. The maximum Gasteiger partial charge on any atom is 0.253 e. The number of carbonyl (C=O) groups excluding carboxylic acids is 2. The first-order chi connectivity index (χ1) is 11.5. The first-order valence-corrected chi connectivity index (χ1v) is 8.48. The molecule has 142 valence electrons. The molecule has 2 amide bonds. The fraction of sp³-hybridized carbons (Fsp3) is 0.556. The molecular formula is C18H30ClN3O3. The zero-order valence-electron chi connectivity index (χ0n) is 15.3. The van der Waals surface area contributed by atoms with E-state index < -0.39 is 0 Å². The van der Waals surface area contributed by atoms with Crippen molar-refractivity contribution in [3.63, 3.8) is 0 Å². The summed E-state index contributed by atoms with van der Waals surface area (Å²) in [6.45, 7) is 3.02. The van der Waals surface area contributed by atoms with Gasteiger partial charge in [-0.1, -0.05) is 12.8 Å². The van der Waals surface area contributed by atoms with Crippen LogP contribution in [0.3, 0.4) is 0 Å². The number of nitrogens with one attached hydrogen (secondary N) is 1. The molecule has 0 saturated carbocycles. The van der Waals surface area contributed by atoms with Gasteiger partial charge in [0.05, 0.1) is 12.3 Å². The number of amides is 2. The largest absolute Gasteiger partial charge is 0.492 e. The highest BCUT2D eigenvalue weighted by Gasteiger charge is 2.13. The Morgan fingerprint density at radius 1 is 1.16 bits per heavy atom. The summed E-state index contributed by atoms with van der Waals surface area (Å²) in [6.07, 6.45) is 4.35. The third kappa shape index (κ3) is 8.23. The van der Waals surface area contributed by atoms with E-state index in [0.717, 1.165) is 25.7 Å². The lowest BCUT2D eigenvalue weighted by molar-refractivity contribution is -0.116. The van der Waals surface area contributed by atoms with Crippen molar-refractivity contribution in [1.29, 1.82) is 0 Å². The second-order valence-electron chi connectivity index (χ2n) is 5.84. The Kier molecular flexibility index (Phi) is 11.7.